The zero-order chi connectivity index (χ0) is 14.5. The van der Waals surface area contributed by atoms with Crippen LogP contribution in [0.2, 0.25) is 0 Å². The van der Waals surface area contributed by atoms with Gasteiger partial charge in [-0.1, -0.05) is 6.07 Å². The molecule has 2 rings (SSSR count). The molecule has 1 amide bonds. The summed E-state index contributed by atoms with van der Waals surface area (Å²) in [5.74, 6) is 0.976. The van der Waals surface area contributed by atoms with E-state index >= 15 is 0 Å². The van der Waals surface area contributed by atoms with E-state index in [1.165, 1.54) is 0 Å². The fraction of sp³-hybridized carbons (Fsp3) is 0.533. The molecule has 1 fully saturated rings. The van der Waals surface area contributed by atoms with E-state index in [1.54, 1.807) is 32.2 Å². The first-order valence-electron chi connectivity index (χ1n) is 6.92. The molecule has 2 atom stereocenters. The van der Waals surface area contributed by atoms with Crippen LogP contribution in [0.15, 0.2) is 18.2 Å². The van der Waals surface area contributed by atoms with Crippen molar-refractivity contribution >= 4 is 5.91 Å². The predicted octanol–water partition coefficient (Wildman–Crippen LogP) is 1.80. The number of nitrogens with one attached hydrogen (secondary N) is 1. The van der Waals surface area contributed by atoms with Crippen molar-refractivity contribution in [2.75, 3.05) is 13.7 Å². The number of benzene rings is 1. The number of hydrogen-bond acceptors (Lipinski definition) is 4. The number of hydrogen-bond donors (Lipinski definition) is 2. The second kappa shape index (κ2) is 6.61. The Labute approximate surface area is 118 Å². The predicted molar refractivity (Wildman–Crippen MR) is 74.9 cm³/mol. The first-order valence-corrected chi connectivity index (χ1v) is 6.92. The molecule has 5 heteroatoms. The molecule has 0 bridgehead atoms. The van der Waals surface area contributed by atoms with Gasteiger partial charge in [0.25, 0.3) is 5.91 Å². The summed E-state index contributed by atoms with van der Waals surface area (Å²) in [5.41, 5.74) is 0.750. The lowest BCUT2D eigenvalue weighted by Crippen LogP contribution is -2.36. The molecule has 0 spiro atoms. The van der Waals surface area contributed by atoms with Gasteiger partial charge in [-0.15, -0.1) is 0 Å². The SMILES string of the molecule is COc1cc([C@@H](C)O)ccc1OC1CCCCNC1=O. The summed E-state index contributed by atoms with van der Waals surface area (Å²) in [4.78, 5) is 11.9. The number of carbonyl (C=O) groups is 1. The summed E-state index contributed by atoms with van der Waals surface area (Å²) in [6, 6.07) is 5.24. The molecule has 2 N–H and O–H groups in total. The number of aliphatic hydroxyl groups is 1. The van der Waals surface area contributed by atoms with E-state index < -0.39 is 12.2 Å². The number of methoxy groups -OCH3 is 1. The minimum Gasteiger partial charge on any atom is -0.493 e. The third kappa shape index (κ3) is 3.42. The van der Waals surface area contributed by atoms with E-state index in [0.717, 1.165) is 18.4 Å². The molecule has 0 saturated carbocycles. The van der Waals surface area contributed by atoms with Crippen LogP contribution in [-0.2, 0) is 4.79 Å². The van der Waals surface area contributed by atoms with E-state index in [1.807, 2.05) is 0 Å². The highest BCUT2D eigenvalue weighted by Crippen LogP contribution is 2.31. The first kappa shape index (κ1) is 14.7. The fourth-order valence-electron chi connectivity index (χ4n) is 2.22. The molecule has 110 valence electrons. The van der Waals surface area contributed by atoms with E-state index in [-0.39, 0.29) is 5.91 Å². The van der Waals surface area contributed by atoms with E-state index in [2.05, 4.69) is 5.32 Å². The van der Waals surface area contributed by atoms with Crippen LogP contribution in [0.1, 0.15) is 37.9 Å². The zero-order valence-corrected chi connectivity index (χ0v) is 11.9. The average Bonchev–Trinajstić information content (AvgIpc) is 2.64. The van der Waals surface area contributed by atoms with Crippen molar-refractivity contribution in [2.24, 2.45) is 0 Å². The molecular formula is C15H21NO4. The highest BCUT2D eigenvalue weighted by Gasteiger charge is 2.23. The first-order chi connectivity index (χ1) is 9.61. The van der Waals surface area contributed by atoms with Crippen molar-refractivity contribution in [3.05, 3.63) is 23.8 Å². The van der Waals surface area contributed by atoms with Crippen LogP contribution < -0.4 is 14.8 Å². The molecule has 1 aromatic carbocycles. The Morgan fingerprint density at radius 3 is 2.85 bits per heavy atom. The van der Waals surface area contributed by atoms with Gasteiger partial charge in [0, 0.05) is 6.54 Å². The fourth-order valence-corrected chi connectivity index (χ4v) is 2.22. The van der Waals surface area contributed by atoms with E-state index in [4.69, 9.17) is 9.47 Å². The van der Waals surface area contributed by atoms with Crippen LogP contribution in [0.25, 0.3) is 0 Å². The molecule has 1 heterocycles. The molecular weight excluding hydrogens is 258 g/mol. The number of carbonyl (C=O) groups excluding carboxylic acids is 1. The molecule has 1 aliphatic rings. The Hall–Kier alpha value is -1.75. The maximum Gasteiger partial charge on any atom is 0.261 e. The molecule has 1 aliphatic heterocycles. The van der Waals surface area contributed by atoms with Crippen molar-refractivity contribution in [1.82, 2.24) is 5.32 Å². The highest BCUT2D eigenvalue weighted by molar-refractivity contribution is 5.81. The van der Waals surface area contributed by atoms with Crippen molar-refractivity contribution in [3.63, 3.8) is 0 Å². The van der Waals surface area contributed by atoms with Crippen LogP contribution >= 0.6 is 0 Å². The summed E-state index contributed by atoms with van der Waals surface area (Å²) in [6.07, 6.45) is 1.58. The van der Waals surface area contributed by atoms with Gasteiger partial charge in [-0.25, -0.2) is 0 Å². The largest absolute Gasteiger partial charge is 0.493 e. The Kier molecular flexibility index (Phi) is 4.84. The van der Waals surface area contributed by atoms with Gasteiger partial charge in [0.2, 0.25) is 0 Å². The van der Waals surface area contributed by atoms with Gasteiger partial charge in [-0.3, -0.25) is 4.79 Å². The minimum atomic E-state index is -0.570. The third-order valence-electron chi connectivity index (χ3n) is 3.42. The Balaban J connectivity index is 2.17. The van der Waals surface area contributed by atoms with Gasteiger partial charge in [0.05, 0.1) is 13.2 Å². The minimum absolute atomic E-state index is 0.0795. The Morgan fingerprint density at radius 1 is 1.35 bits per heavy atom. The molecule has 0 aliphatic carbocycles. The van der Waals surface area contributed by atoms with E-state index in [9.17, 15) is 9.90 Å². The van der Waals surface area contributed by atoms with Gasteiger partial charge in [-0.2, -0.15) is 0 Å². The van der Waals surface area contributed by atoms with Gasteiger partial charge >= 0.3 is 0 Å². The topological polar surface area (TPSA) is 67.8 Å². The van der Waals surface area contributed by atoms with Gasteiger partial charge < -0.3 is 19.9 Å². The molecule has 1 aromatic rings. The molecule has 1 saturated heterocycles. The summed E-state index contributed by atoms with van der Waals surface area (Å²) in [6.45, 7) is 2.39. The van der Waals surface area contributed by atoms with Crippen LogP contribution in [-0.4, -0.2) is 30.8 Å². The average molecular weight is 279 g/mol. The van der Waals surface area contributed by atoms with Crippen molar-refractivity contribution < 1.29 is 19.4 Å². The summed E-state index contributed by atoms with van der Waals surface area (Å²) in [5, 5.41) is 12.4. The van der Waals surface area contributed by atoms with Crippen molar-refractivity contribution in [2.45, 2.75) is 38.4 Å². The second-order valence-electron chi connectivity index (χ2n) is 4.98. The molecule has 0 radical (unpaired) electrons. The summed E-state index contributed by atoms with van der Waals surface area (Å²) in [7, 11) is 1.54. The Morgan fingerprint density at radius 2 is 2.15 bits per heavy atom. The Bertz CT molecular complexity index is 473. The monoisotopic (exact) mass is 279 g/mol. The third-order valence-corrected chi connectivity index (χ3v) is 3.42. The van der Waals surface area contributed by atoms with Gasteiger partial charge in [0.1, 0.15) is 0 Å². The maximum absolute atomic E-state index is 11.9. The summed E-state index contributed by atoms with van der Waals surface area (Å²) < 4.78 is 11.1. The summed E-state index contributed by atoms with van der Waals surface area (Å²) >= 11 is 0. The molecule has 0 aromatic heterocycles. The maximum atomic E-state index is 11.9. The van der Waals surface area contributed by atoms with Crippen molar-refractivity contribution in [1.29, 1.82) is 0 Å². The highest BCUT2D eigenvalue weighted by atomic mass is 16.5. The number of rotatable bonds is 4. The lowest BCUT2D eigenvalue weighted by Gasteiger charge is -2.18. The molecule has 5 nitrogen and oxygen atoms in total. The van der Waals surface area contributed by atoms with Crippen LogP contribution in [0, 0.1) is 0 Å². The normalized spacial score (nSPS) is 20.8. The zero-order valence-electron chi connectivity index (χ0n) is 11.9. The number of amides is 1. The van der Waals surface area contributed by atoms with Gasteiger partial charge in [-0.05, 0) is 43.9 Å². The smallest absolute Gasteiger partial charge is 0.261 e. The molecule has 1 unspecified atom stereocenters. The standard InChI is InChI=1S/C15H21NO4/c1-10(17)11-6-7-12(14(9-11)19-2)20-13-5-3-4-8-16-15(13)18/h6-7,9-10,13,17H,3-5,8H2,1-2H3,(H,16,18)/t10-,13?/m1/s1. The second-order valence-corrected chi connectivity index (χ2v) is 4.98. The lowest BCUT2D eigenvalue weighted by molar-refractivity contribution is -0.127. The number of ether oxygens (including phenoxy) is 2. The van der Waals surface area contributed by atoms with Crippen LogP contribution in [0.3, 0.4) is 0 Å². The van der Waals surface area contributed by atoms with Gasteiger partial charge in [0.15, 0.2) is 17.6 Å². The lowest BCUT2D eigenvalue weighted by atomic mass is 10.1. The van der Waals surface area contributed by atoms with E-state index in [0.29, 0.717) is 24.5 Å². The van der Waals surface area contributed by atoms with Crippen LogP contribution in [0.4, 0.5) is 0 Å². The van der Waals surface area contributed by atoms with Crippen molar-refractivity contribution in [3.8, 4) is 11.5 Å². The molecule has 20 heavy (non-hydrogen) atoms. The van der Waals surface area contributed by atoms with Crippen LogP contribution in [0.5, 0.6) is 11.5 Å². The quantitative estimate of drug-likeness (QED) is 0.882. The number of aliphatic hydroxyl groups excluding tert-OH is 1.